The summed E-state index contributed by atoms with van der Waals surface area (Å²) in [6.07, 6.45) is 2.50. The predicted octanol–water partition coefficient (Wildman–Crippen LogP) is 3.04. The number of nitrogens with one attached hydrogen (secondary N) is 1. The first-order valence-corrected chi connectivity index (χ1v) is 14.3. The summed E-state index contributed by atoms with van der Waals surface area (Å²) in [6, 6.07) is 1.84. The van der Waals surface area contributed by atoms with E-state index in [1.165, 1.54) is 45.6 Å². The van der Waals surface area contributed by atoms with E-state index in [0.29, 0.717) is 18.1 Å². The first-order valence-electron chi connectivity index (χ1n) is 14.3. The van der Waals surface area contributed by atoms with Crippen LogP contribution in [0.25, 0.3) is 0 Å². The van der Waals surface area contributed by atoms with Crippen LogP contribution in [0.1, 0.15) is 75.2 Å². The van der Waals surface area contributed by atoms with Gasteiger partial charge in [0.25, 0.3) is 0 Å². The third-order valence-corrected chi connectivity index (χ3v) is 9.37. The molecule has 3 heterocycles. The smallest absolute Gasteiger partial charge is 0.0326 e. The second-order valence-corrected chi connectivity index (χ2v) is 13.2. The van der Waals surface area contributed by atoms with E-state index in [1.54, 1.807) is 0 Å². The number of likely N-dealkylation sites (N-methyl/N-ethyl adjacent to an activating group) is 4. The van der Waals surface area contributed by atoms with Crippen LogP contribution in [0.4, 0.5) is 0 Å². The molecule has 3 saturated heterocycles. The van der Waals surface area contributed by atoms with E-state index in [4.69, 9.17) is 0 Å². The third-order valence-electron chi connectivity index (χ3n) is 9.37. The molecule has 34 heavy (non-hydrogen) atoms. The minimum Gasteiger partial charge on any atom is -0.309 e. The van der Waals surface area contributed by atoms with Crippen molar-refractivity contribution in [1.82, 2.24) is 29.8 Å². The van der Waals surface area contributed by atoms with Gasteiger partial charge >= 0.3 is 0 Å². The van der Waals surface area contributed by atoms with Crippen molar-refractivity contribution >= 4 is 0 Å². The lowest BCUT2D eigenvalue weighted by molar-refractivity contribution is -0.0787. The highest BCUT2D eigenvalue weighted by Crippen LogP contribution is 2.36. The summed E-state index contributed by atoms with van der Waals surface area (Å²) in [5.41, 5.74) is 0.652. The van der Waals surface area contributed by atoms with Gasteiger partial charge in [-0.2, -0.15) is 0 Å². The van der Waals surface area contributed by atoms with E-state index in [0.717, 1.165) is 32.7 Å². The Morgan fingerprint density at radius 1 is 0.824 bits per heavy atom. The first-order chi connectivity index (χ1) is 15.9. The van der Waals surface area contributed by atoms with Gasteiger partial charge in [-0.15, -0.1) is 0 Å². The van der Waals surface area contributed by atoms with E-state index >= 15 is 0 Å². The van der Waals surface area contributed by atoms with Crippen LogP contribution in [-0.2, 0) is 0 Å². The number of rotatable bonds is 8. The molecule has 4 unspecified atom stereocenters. The van der Waals surface area contributed by atoms with Gasteiger partial charge in [-0.3, -0.25) is 19.6 Å². The Morgan fingerprint density at radius 3 is 2.09 bits per heavy atom. The largest absolute Gasteiger partial charge is 0.309 e. The lowest BCUT2D eigenvalue weighted by atomic mass is 9.80. The molecule has 0 amide bonds. The van der Waals surface area contributed by atoms with Crippen LogP contribution < -0.4 is 5.32 Å². The molecule has 6 nitrogen and oxygen atoms in total. The highest BCUT2D eigenvalue weighted by atomic mass is 15.4. The van der Waals surface area contributed by atoms with Crippen molar-refractivity contribution in [1.29, 1.82) is 0 Å². The molecule has 0 spiro atoms. The number of piperazine rings is 3. The van der Waals surface area contributed by atoms with Crippen molar-refractivity contribution in [2.24, 2.45) is 0 Å². The van der Waals surface area contributed by atoms with Crippen molar-refractivity contribution in [3.8, 4) is 0 Å². The summed E-state index contributed by atoms with van der Waals surface area (Å²) >= 11 is 0. The summed E-state index contributed by atoms with van der Waals surface area (Å²) < 4.78 is 0. The second-order valence-electron chi connectivity index (χ2n) is 13.2. The summed E-state index contributed by atoms with van der Waals surface area (Å²) in [7, 11) is 2.36. The van der Waals surface area contributed by atoms with Gasteiger partial charge in [0.15, 0.2) is 0 Å². The van der Waals surface area contributed by atoms with Crippen molar-refractivity contribution in [2.45, 2.75) is 110 Å². The number of hydrogen-bond donors (Lipinski definition) is 1. The highest BCUT2D eigenvalue weighted by molar-refractivity contribution is 5.06. The van der Waals surface area contributed by atoms with Crippen LogP contribution in [0.5, 0.6) is 0 Å². The van der Waals surface area contributed by atoms with Crippen LogP contribution in [0, 0.1) is 0 Å². The van der Waals surface area contributed by atoms with Crippen molar-refractivity contribution in [3.05, 3.63) is 0 Å². The van der Waals surface area contributed by atoms with Crippen molar-refractivity contribution in [2.75, 3.05) is 72.5 Å². The fraction of sp³-hybridized carbons (Fsp3) is 1.00. The van der Waals surface area contributed by atoms with Gasteiger partial charge in [0, 0.05) is 80.6 Å². The maximum absolute atomic E-state index is 3.85. The average molecular weight is 479 g/mol. The normalized spacial score (nSPS) is 37.5. The standard InChI is InChI=1S/C28H58N6/c1-11-31-20-26(6,7)29-18-24(31)16-28(9)21-30(10)19-25(34(28)13-3)17-27(8)22-32(23(4)5)14-15-33(27)12-2/h23-25,29H,11-22H2,1-10H3. The molecule has 1 N–H and O–H groups in total. The van der Waals surface area contributed by atoms with Gasteiger partial charge in [-0.05, 0) is 81.1 Å². The molecule has 6 heteroatoms. The maximum Gasteiger partial charge on any atom is 0.0326 e. The Morgan fingerprint density at radius 2 is 1.50 bits per heavy atom. The van der Waals surface area contributed by atoms with Crippen LogP contribution >= 0.6 is 0 Å². The fourth-order valence-electron chi connectivity index (χ4n) is 7.74. The Bertz CT molecular complexity index is 653. The monoisotopic (exact) mass is 478 g/mol. The van der Waals surface area contributed by atoms with Gasteiger partial charge in [-0.25, -0.2) is 0 Å². The molecular formula is C28H58N6. The van der Waals surface area contributed by atoms with Crippen LogP contribution in [-0.4, -0.2) is 132 Å². The zero-order valence-corrected chi connectivity index (χ0v) is 24.5. The molecular weight excluding hydrogens is 420 g/mol. The van der Waals surface area contributed by atoms with Gasteiger partial charge < -0.3 is 10.2 Å². The van der Waals surface area contributed by atoms with Crippen molar-refractivity contribution in [3.63, 3.8) is 0 Å². The zero-order chi connectivity index (χ0) is 25.3. The Labute approximate surface area is 212 Å². The molecule has 3 aliphatic heterocycles. The molecule has 0 aromatic carbocycles. The van der Waals surface area contributed by atoms with E-state index in [9.17, 15) is 0 Å². The van der Waals surface area contributed by atoms with E-state index in [-0.39, 0.29) is 16.6 Å². The summed E-state index contributed by atoms with van der Waals surface area (Å²) in [4.78, 5) is 13.8. The van der Waals surface area contributed by atoms with Gasteiger partial charge in [0.1, 0.15) is 0 Å². The summed E-state index contributed by atoms with van der Waals surface area (Å²) in [5, 5.41) is 3.85. The molecule has 0 aromatic heterocycles. The molecule has 0 radical (unpaired) electrons. The second kappa shape index (κ2) is 11.0. The Hall–Kier alpha value is -0.240. The van der Waals surface area contributed by atoms with Gasteiger partial charge in [0.05, 0.1) is 0 Å². The van der Waals surface area contributed by atoms with Crippen LogP contribution in [0.15, 0.2) is 0 Å². The minimum absolute atomic E-state index is 0.202. The summed E-state index contributed by atoms with van der Waals surface area (Å²) in [6.45, 7) is 33.3. The average Bonchev–Trinajstić information content (AvgIpc) is 2.74. The zero-order valence-electron chi connectivity index (χ0n) is 24.5. The first kappa shape index (κ1) is 28.3. The predicted molar refractivity (Wildman–Crippen MR) is 147 cm³/mol. The minimum atomic E-state index is 0.202. The molecule has 0 aromatic rings. The lowest BCUT2D eigenvalue weighted by Crippen LogP contribution is -2.70. The fourth-order valence-corrected chi connectivity index (χ4v) is 7.74. The molecule has 200 valence electrons. The van der Waals surface area contributed by atoms with Gasteiger partial charge in [-0.1, -0.05) is 20.8 Å². The molecule has 3 fully saturated rings. The van der Waals surface area contributed by atoms with Crippen LogP contribution in [0.2, 0.25) is 0 Å². The topological polar surface area (TPSA) is 28.2 Å². The molecule has 0 aliphatic carbocycles. The third kappa shape index (κ3) is 6.18. The maximum atomic E-state index is 3.85. The van der Waals surface area contributed by atoms with E-state index in [2.05, 4.69) is 99.2 Å². The van der Waals surface area contributed by atoms with Crippen molar-refractivity contribution < 1.29 is 0 Å². The molecule has 0 saturated carbocycles. The number of hydrogen-bond acceptors (Lipinski definition) is 6. The number of nitrogens with zero attached hydrogens (tertiary/aromatic N) is 5. The van der Waals surface area contributed by atoms with Gasteiger partial charge in [0.2, 0.25) is 0 Å². The highest BCUT2D eigenvalue weighted by Gasteiger charge is 2.48. The van der Waals surface area contributed by atoms with E-state index < -0.39 is 0 Å². The van der Waals surface area contributed by atoms with Crippen LogP contribution in [0.3, 0.4) is 0 Å². The quantitative estimate of drug-likeness (QED) is 0.577. The summed E-state index contributed by atoms with van der Waals surface area (Å²) in [5.74, 6) is 0. The SMILES string of the molecule is CCN1CC(C)(C)NCC1CC1(C)CN(C)CC(CC2(C)CN(C(C)C)CCN2CC)N1CC. The molecule has 3 rings (SSSR count). The molecule has 3 aliphatic rings. The lowest BCUT2D eigenvalue weighted by Gasteiger charge is -2.58. The molecule has 4 atom stereocenters. The van der Waals surface area contributed by atoms with E-state index in [1.807, 2.05) is 0 Å². The Balaban J connectivity index is 1.81. The Kier molecular flexibility index (Phi) is 9.18. The molecule has 0 bridgehead atoms.